The summed E-state index contributed by atoms with van der Waals surface area (Å²) in [7, 11) is 0. The van der Waals surface area contributed by atoms with Gasteiger partial charge in [-0.15, -0.1) is 0 Å². The first-order valence-electron chi connectivity index (χ1n) is 6.12. The summed E-state index contributed by atoms with van der Waals surface area (Å²) in [6.07, 6.45) is 2.59. The third-order valence-electron chi connectivity index (χ3n) is 3.70. The Kier molecular flexibility index (Phi) is 3.31. The van der Waals surface area contributed by atoms with Gasteiger partial charge in [-0.25, -0.2) is 0 Å². The lowest BCUT2D eigenvalue weighted by atomic mass is 10.0. The zero-order valence-electron chi connectivity index (χ0n) is 10.3. The second-order valence-electron chi connectivity index (χ2n) is 5.24. The fourth-order valence-electron chi connectivity index (χ4n) is 2.14. The van der Waals surface area contributed by atoms with E-state index in [4.69, 9.17) is 5.73 Å². The van der Waals surface area contributed by atoms with E-state index in [2.05, 4.69) is 37.4 Å². The molecule has 0 aliphatic heterocycles. The van der Waals surface area contributed by atoms with E-state index >= 15 is 0 Å². The van der Waals surface area contributed by atoms with Gasteiger partial charge in [-0.3, -0.25) is 0 Å². The molecule has 1 saturated carbocycles. The van der Waals surface area contributed by atoms with Gasteiger partial charge >= 0.3 is 0 Å². The maximum Gasteiger partial charge on any atom is 0.0208 e. The predicted octanol–water partition coefficient (Wildman–Crippen LogP) is 2.13. The van der Waals surface area contributed by atoms with Crippen LogP contribution < -0.4 is 11.1 Å². The van der Waals surface area contributed by atoms with Crippen LogP contribution in [0.4, 0.5) is 0 Å². The second-order valence-corrected chi connectivity index (χ2v) is 5.24. The molecule has 3 N–H and O–H groups in total. The van der Waals surface area contributed by atoms with Gasteiger partial charge in [0.05, 0.1) is 0 Å². The van der Waals surface area contributed by atoms with Crippen molar-refractivity contribution >= 4 is 0 Å². The Bertz CT molecular complexity index is 367. The van der Waals surface area contributed by atoms with Crippen LogP contribution in [0.3, 0.4) is 0 Å². The minimum atomic E-state index is 0.429. The van der Waals surface area contributed by atoms with Crippen molar-refractivity contribution in [1.29, 1.82) is 0 Å². The molecule has 2 rings (SSSR count). The standard InChI is InChI=1S/C14H22N2/c1-11-3-4-13(12(2)7-11)8-16-10-14(9-15)5-6-14/h3-4,7,16H,5-6,8-10,15H2,1-2H3. The van der Waals surface area contributed by atoms with Gasteiger partial charge in [0.1, 0.15) is 0 Å². The van der Waals surface area contributed by atoms with E-state index in [0.717, 1.165) is 19.6 Å². The van der Waals surface area contributed by atoms with E-state index in [1.807, 2.05) is 0 Å². The molecule has 2 heteroatoms. The topological polar surface area (TPSA) is 38.0 Å². The third kappa shape index (κ3) is 2.63. The van der Waals surface area contributed by atoms with Crippen LogP contribution in [0.2, 0.25) is 0 Å². The minimum absolute atomic E-state index is 0.429. The monoisotopic (exact) mass is 218 g/mol. The van der Waals surface area contributed by atoms with Crippen molar-refractivity contribution in [2.24, 2.45) is 11.1 Å². The quantitative estimate of drug-likeness (QED) is 0.794. The smallest absolute Gasteiger partial charge is 0.0208 e. The number of hydrogen-bond donors (Lipinski definition) is 2. The molecule has 88 valence electrons. The number of rotatable bonds is 5. The first-order valence-corrected chi connectivity index (χ1v) is 6.12. The zero-order chi connectivity index (χ0) is 11.6. The molecule has 1 aliphatic carbocycles. The molecule has 0 saturated heterocycles. The van der Waals surface area contributed by atoms with Crippen LogP contribution in [0, 0.1) is 19.3 Å². The van der Waals surface area contributed by atoms with Gasteiger partial charge in [0.25, 0.3) is 0 Å². The fraction of sp³-hybridized carbons (Fsp3) is 0.571. The van der Waals surface area contributed by atoms with E-state index in [-0.39, 0.29) is 0 Å². The van der Waals surface area contributed by atoms with Crippen molar-refractivity contribution in [3.63, 3.8) is 0 Å². The minimum Gasteiger partial charge on any atom is -0.330 e. The van der Waals surface area contributed by atoms with E-state index in [9.17, 15) is 0 Å². The maximum absolute atomic E-state index is 5.76. The van der Waals surface area contributed by atoms with Crippen LogP contribution in [0.5, 0.6) is 0 Å². The van der Waals surface area contributed by atoms with Crippen LogP contribution >= 0.6 is 0 Å². The molecule has 1 aromatic carbocycles. The highest BCUT2D eigenvalue weighted by Crippen LogP contribution is 2.43. The normalized spacial score (nSPS) is 17.4. The summed E-state index contributed by atoms with van der Waals surface area (Å²) in [6, 6.07) is 6.65. The molecule has 0 radical (unpaired) electrons. The molecule has 2 nitrogen and oxygen atoms in total. The highest BCUT2D eigenvalue weighted by atomic mass is 14.9. The maximum atomic E-state index is 5.76. The van der Waals surface area contributed by atoms with E-state index in [1.165, 1.54) is 29.5 Å². The molecule has 16 heavy (non-hydrogen) atoms. The van der Waals surface area contributed by atoms with Crippen molar-refractivity contribution < 1.29 is 0 Å². The predicted molar refractivity (Wildman–Crippen MR) is 68.3 cm³/mol. The summed E-state index contributed by atoms with van der Waals surface area (Å²) in [5, 5.41) is 3.54. The zero-order valence-corrected chi connectivity index (χ0v) is 10.3. The van der Waals surface area contributed by atoms with Crippen LogP contribution in [0.1, 0.15) is 29.5 Å². The molecule has 0 unspecified atom stereocenters. The fourth-order valence-corrected chi connectivity index (χ4v) is 2.14. The molecule has 1 aromatic rings. The number of hydrogen-bond acceptors (Lipinski definition) is 2. The van der Waals surface area contributed by atoms with Crippen molar-refractivity contribution in [2.45, 2.75) is 33.2 Å². The average molecular weight is 218 g/mol. The Morgan fingerprint density at radius 1 is 1.31 bits per heavy atom. The first-order chi connectivity index (χ1) is 7.65. The molecular formula is C14H22N2. The number of benzene rings is 1. The van der Waals surface area contributed by atoms with Gasteiger partial charge in [-0.2, -0.15) is 0 Å². The summed E-state index contributed by atoms with van der Waals surface area (Å²) in [4.78, 5) is 0. The molecule has 0 aromatic heterocycles. The van der Waals surface area contributed by atoms with Gasteiger partial charge in [0.15, 0.2) is 0 Å². The summed E-state index contributed by atoms with van der Waals surface area (Å²) >= 11 is 0. The highest BCUT2D eigenvalue weighted by molar-refractivity contribution is 5.30. The van der Waals surface area contributed by atoms with Crippen LogP contribution in [-0.4, -0.2) is 13.1 Å². The largest absolute Gasteiger partial charge is 0.330 e. The van der Waals surface area contributed by atoms with Gasteiger partial charge in [0.2, 0.25) is 0 Å². The Balaban J connectivity index is 1.85. The van der Waals surface area contributed by atoms with Gasteiger partial charge in [-0.05, 0) is 49.8 Å². The Labute approximate surface area is 98.2 Å². The number of nitrogens with one attached hydrogen (secondary N) is 1. The molecule has 0 bridgehead atoms. The Hall–Kier alpha value is -0.860. The third-order valence-corrected chi connectivity index (χ3v) is 3.70. The molecule has 0 heterocycles. The molecule has 1 aliphatic rings. The van der Waals surface area contributed by atoms with Crippen molar-refractivity contribution in [3.05, 3.63) is 34.9 Å². The summed E-state index contributed by atoms with van der Waals surface area (Å²) in [5.74, 6) is 0. The highest BCUT2D eigenvalue weighted by Gasteiger charge is 2.40. The summed E-state index contributed by atoms with van der Waals surface area (Å²) < 4.78 is 0. The van der Waals surface area contributed by atoms with Crippen molar-refractivity contribution in [3.8, 4) is 0 Å². The van der Waals surface area contributed by atoms with E-state index in [0.29, 0.717) is 5.41 Å². The van der Waals surface area contributed by atoms with Gasteiger partial charge < -0.3 is 11.1 Å². The van der Waals surface area contributed by atoms with E-state index < -0.39 is 0 Å². The molecule has 0 atom stereocenters. The van der Waals surface area contributed by atoms with Gasteiger partial charge in [-0.1, -0.05) is 23.8 Å². The number of aryl methyl sites for hydroxylation is 2. The Morgan fingerprint density at radius 3 is 2.62 bits per heavy atom. The molecule has 0 amide bonds. The second kappa shape index (κ2) is 4.56. The van der Waals surface area contributed by atoms with Crippen molar-refractivity contribution in [2.75, 3.05) is 13.1 Å². The van der Waals surface area contributed by atoms with Crippen LogP contribution in [-0.2, 0) is 6.54 Å². The van der Waals surface area contributed by atoms with Gasteiger partial charge in [0, 0.05) is 13.1 Å². The summed E-state index contributed by atoms with van der Waals surface area (Å²) in [6.45, 7) is 7.18. The first kappa shape index (κ1) is 11.6. The molecule has 0 spiro atoms. The lowest BCUT2D eigenvalue weighted by Gasteiger charge is -2.14. The number of nitrogens with two attached hydrogens (primary N) is 1. The lowest BCUT2D eigenvalue weighted by Crippen LogP contribution is -2.29. The molecular weight excluding hydrogens is 196 g/mol. The van der Waals surface area contributed by atoms with Crippen LogP contribution in [0.15, 0.2) is 18.2 Å². The average Bonchev–Trinajstić information content (AvgIpc) is 3.02. The van der Waals surface area contributed by atoms with Crippen LogP contribution in [0.25, 0.3) is 0 Å². The SMILES string of the molecule is Cc1ccc(CNCC2(CN)CC2)c(C)c1. The lowest BCUT2D eigenvalue weighted by molar-refractivity contribution is 0.467. The Morgan fingerprint density at radius 2 is 2.06 bits per heavy atom. The van der Waals surface area contributed by atoms with Crippen molar-refractivity contribution in [1.82, 2.24) is 5.32 Å². The molecule has 1 fully saturated rings. The summed E-state index contributed by atoms with van der Waals surface area (Å²) in [5.41, 5.74) is 10.3. The van der Waals surface area contributed by atoms with E-state index in [1.54, 1.807) is 0 Å².